The predicted octanol–water partition coefficient (Wildman–Crippen LogP) is 0.446. The zero-order chi connectivity index (χ0) is 12.1. The molecular formula is C13H18N2O2. The molecule has 1 atom stereocenters. The van der Waals surface area contributed by atoms with Crippen molar-refractivity contribution in [2.45, 2.75) is 12.5 Å². The van der Waals surface area contributed by atoms with Gasteiger partial charge in [-0.15, -0.1) is 0 Å². The van der Waals surface area contributed by atoms with Crippen LogP contribution < -0.4 is 10.6 Å². The number of hydrogen-bond donors (Lipinski definition) is 3. The Balaban J connectivity index is 1.88. The number of carbonyl (C=O) groups is 1. The van der Waals surface area contributed by atoms with Crippen LogP contribution >= 0.6 is 0 Å². The molecule has 1 aromatic carbocycles. The van der Waals surface area contributed by atoms with Crippen LogP contribution in [0.2, 0.25) is 0 Å². The molecule has 1 fully saturated rings. The van der Waals surface area contributed by atoms with Crippen molar-refractivity contribution in [1.29, 1.82) is 0 Å². The van der Waals surface area contributed by atoms with Gasteiger partial charge in [-0.3, -0.25) is 4.79 Å². The smallest absolute Gasteiger partial charge is 0.220 e. The molecule has 0 spiro atoms. The third-order valence-corrected chi connectivity index (χ3v) is 3.06. The molecule has 1 amide bonds. The molecule has 4 heteroatoms. The molecule has 0 unspecified atom stereocenters. The molecule has 1 saturated heterocycles. The summed E-state index contributed by atoms with van der Waals surface area (Å²) in [6.45, 7) is 1.77. The standard InChI is InChI=1S/C13H18N2O2/c16-9-12(11-4-2-1-3-5-11)15-13(17)6-10-7-14-8-10/h1-5,10,12,14,16H,6-9H2,(H,15,17)/t12-/m0/s1. The Morgan fingerprint density at radius 3 is 2.65 bits per heavy atom. The van der Waals surface area contributed by atoms with Gasteiger partial charge in [0.25, 0.3) is 0 Å². The second kappa shape index (κ2) is 5.80. The summed E-state index contributed by atoms with van der Waals surface area (Å²) in [6, 6.07) is 9.24. The van der Waals surface area contributed by atoms with Gasteiger partial charge in [0.05, 0.1) is 12.6 Å². The van der Waals surface area contributed by atoms with E-state index in [1.807, 2.05) is 30.3 Å². The average Bonchev–Trinajstić information content (AvgIpc) is 2.32. The predicted molar refractivity (Wildman–Crippen MR) is 65.4 cm³/mol. The van der Waals surface area contributed by atoms with Gasteiger partial charge >= 0.3 is 0 Å². The Kier molecular flexibility index (Phi) is 4.12. The van der Waals surface area contributed by atoms with Crippen molar-refractivity contribution in [3.05, 3.63) is 35.9 Å². The summed E-state index contributed by atoms with van der Waals surface area (Å²) in [5.74, 6) is 0.463. The molecule has 17 heavy (non-hydrogen) atoms. The summed E-state index contributed by atoms with van der Waals surface area (Å²) in [4.78, 5) is 11.7. The average molecular weight is 234 g/mol. The maximum atomic E-state index is 11.7. The third kappa shape index (κ3) is 3.28. The van der Waals surface area contributed by atoms with Gasteiger partial charge in [0.15, 0.2) is 0 Å². The van der Waals surface area contributed by atoms with Crippen LogP contribution in [0.5, 0.6) is 0 Å². The van der Waals surface area contributed by atoms with Crippen LogP contribution in [-0.2, 0) is 4.79 Å². The summed E-state index contributed by atoms with van der Waals surface area (Å²) in [5.41, 5.74) is 0.940. The number of rotatable bonds is 5. The first-order chi connectivity index (χ1) is 8.29. The Morgan fingerprint density at radius 1 is 1.41 bits per heavy atom. The second-order valence-electron chi connectivity index (χ2n) is 4.44. The number of aliphatic hydroxyl groups excluding tert-OH is 1. The zero-order valence-electron chi connectivity index (χ0n) is 9.73. The molecule has 1 aliphatic heterocycles. The molecule has 0 saturated carbocycles. The number of hydrogen-bond acceptors (Lipinski definition) is 3. The fourth-order valence-corrected chi connectivity index (χ4v) is 1.93. The van der Waals surface area contributed by atoms with Crippen LogP contribution in [0.4, 0.5) is 0 Å². The van der Waals surface area contributed by atoms with Gasteiger partial charge in [-0.2, -0.15) is 0 Å². The van der Waals surface area contributed by atoms with Gasteiger partial charge in [-0.1, -0.05) is 30.3 Å². The molecule has 92 valence electrons. The monoisotopic (exact) mass is 234 g/mol. The fraction of sp³-hybridized carbons (Fsp3) is 0.462. The van der Waals surface area contributed by atoms with E-state index in [9.17, 15) is 9.90 Å². The lowest BCUT2D eigenvalue weighted by Gasteiger charge is -2.27. The van der Waals surface area contributed by atoms with Gasteiger partial charge in [-0.25, -0.2) is 0 Å². The lowest BCUT2D eigenvalue weighted by atomic mass is 9.98. The SMILES string of the molecule is O=C(CC1CNC1)N[C@@H](CO)c1ccccc1. The number of aliphatic hydroxyl groups is 1. The van der Waals surface area contributed by atoms with Crippen molar-refractivity contribution in [3.8, 4) is 0 Å². The lowest BCUT2D eigenvalue weighted by Crippen LogP contribution is -2.45. The van der Waals surface area contributed by atoms with Crippen molar-refractivity contribution in [1.82, 2.24) is 10.6 Å². The highest BCUT2D eigenvalue weighted by molar-refractivity contribution is 5.76. The van der Waals surface area contributed by atoms with E-state index in [0.717, 1.165) is 18.7 Å². The maximum Gasteiger partial charge on any atom is 0.220 e. The minimum absolute atomic E-state index is 0.0133. The van der Waals surface area contributed by atoms with Crippen LogP contribution in [0.15, 0.2) is 30.3 Å². The van der Waals surface area contributed by atoms with Gasteiger partial charge < -0.3 is 15.7 Å². The normalized spacial score (nSPS) is 17.2. The van der Waals surface area contributed by atoms with Crippen molar-refractivity contribution in [2.24, 2.45) is 5.92 Å². The first kappa shape index (κ1) is 12.1. The van der Waals surface area contributed by atoms with E-state index in [4.69, 9.17) is 0 Å². The molecule has 4 nitrogen and oxygen atoms in total. The van der Waals surface area contributed by atoms with E-state index in [-0.39, 0.29) is 18.6 Å². The summed E-state index contributed by atoms with van der Waals surface area (Å²) in [6.07, 6.45) is 0.538. The van der Waals surface area contributed by atoms with E-state index in [1.165, 1.54) is 0 Å². The van der Waals surface area contributed by atoms with Gasteiger partial charge in [0.2, 0.25) is 5.91 Å². The third-order valence-electron chi connectivity index (χ3n) is 3.06. The highest BCUT2D eigenvalue weighted by Crippen LogP contribution is 2.13. The topological polar surface area (TPSA) is 61.4 Å². The van der Waals surface area contributed by atoms with E-state index in [1.54, 1.807) is 0 Å². The summed E-state index contributed by atoms with van der Waals surface area (Å²) in [5, 5.41) is 15.3. The van der Waals surface area contributed by atoms with E-state index < -0.39 is 0 Å². The highest BCUT2D eigenvalue weighted by atomic mass is 16.3. The van der Waals surface area contributed by atoms with Crippen LogP contribution in [0.1, 0.15) is 18.0 Å². The molecule has 1 aliphatic rings. The molecular weight excluding hydrogens is 216 g/mol. The van der Waals surface area contributed by atoms with Gasteiger partial charge in [0.1, 0.15) is 0 Å². The largest absolute Gasteiger partial charge is 0.394 e. The zero-order valence-corrected chi connectivity index (χ0v) is 9.73. The molecule has 0 aliphatic carbocycles. The summed E-state index contributed by atoms with van der Waals surface area (Å²) in [7, 11) is 0. The minimum Gasteiger partial charge on any atom is -0.394 e. The van der Waals surface area contributed by atoms with Crippen molar-refractivity contribution in [3.63, 3.8) is 0 Å². The molecule has 1 heterocycles. The van der Waals surface area contributed by atoms with Crippen LogP contribution in [0, 0.1) is 5.92 Å². The lowest BCUT2D eigenvalue weighted by molar-refractivity contribution is -0.123. The quantitative estimate of drug-likeness (QED) is 0.693. The fourth-order valence-electron chi connectivity index (χ4n) is 1.93. The van der Waals surface area contributed by atoms with E-state index in [2.05, 4.69) is 10.6 Å². The number of nitrogens with one attached hydrogen (secondary N) is 2. The molecule has 2 rings (SSSR count). The first-order valence-corrected chi connectivity index (χ1v) is 5.95. The Hall–Kier alpha value is -1.39. The molecule has 0 aromatic heterocycles. The number of benzene rings is 1. The van der Waals surface area contributed by atoms with Crippen molar-refractivity contribution in [2.75, 3.05) is 19.7 Å². The summed E-state index contributed by atoms with van der Waals surface area (Å²) < 4.78 is 0. The first-order valence-electron chi connectivity index (χ1n) is 5.95. The van der Waals surface area contributed by atoms with Gasteiger partial charge in [0, 0.05) is 6.42 Å². The maximum absolute atomic E-state index is 11.7. The summed E-state index contributed by atoms with van der Waals surface area (Å²) >= 11 is 0. The number of amides is 1. The van der Waals surface area contributed by atoms with Crippen molar-refractivity contribution >= 4 is 5.91 Å². The molecule has 0 radical (unpaired) electrons. The number of carbonyl (C=O) groups excluding carboxylic acids is 1. The Labute approximate surface area is 101 Å². The molecule has 1 aromatic rings. The Morgan fingerprint density at radius 2 is 2.12 bits per heavy atom. The molecule has 0 bridgehead atoms. The van der Waals surface area contributed by atoms with Gasteiger partial charge in [-0.05, 0) is 24.6 Å². The van der Waals surface area contributed by atoms with Crippen LogP contribution in [-0.4, -0.2) is 30.7 Å². The van der Waals surface area contributed by atoms with Crippen LogP contribution in [0.3, 0.4) is 0 Å². The van der Waals surface area contributed by atoms with E-state index in [0.29, 0.717) is 12.3 Å². The van der Waals surface area contributed by atoms with E-state index >= 15 is 0 Å². The molecule has 3 N–H and O–H groups in total. The highest BCUT2D eigenvalue weighted by Gasteiger charge is 2.21. The van der Waals surface area contributed by atoms with Crippen LogP contribution in [0.25, 0.3) is 0 Å². The van der Waals surface area contributed by atoms with Crippen molar-refractivity contribution < 1.29 is 9.90 Å². The minimum atomic E-state index is -0.295. The second-order valence-corrected chi connectivity index (χ2v) is 4.44. The Bertz CT molecular complexity index is 363.